The number of non-ortho nitro benzene ring substituents is 1. The highest BCUT2D eigenvalue weighted by Gasteiger charge is 2.23. The van der Waals surface area contributed by atoms with Crippen molar-refractivity contribution in [2.24, 2.45) is 0 Å². The Balaban J connectivity index is 2.05. The number of nitro benzene ring substituents is 1. The van der Waals surface area contributed by atoms with Gasteiger partial charge in [-0.1, -0.05) is 12.1 Å². The Kier molecular flexibility index (Phi) is 4.50. The summed E-state index contributed by atoms with van der Waals surface area (Å²) in [5.74, 6) is 0. The largest absolute Gasteiger partial charge is 0.317 e. The molecule has 1 unspecified atom stereocenters. The van der Waals surface area contributed by atoms with Crippen molar-refractivity contribution in [1.29, 1.82) is 0 Å². The highest BCUT2D eigenvalue weighted by Crippen LogP contribution is 2.26. The molecule has 1 atom stereocenters. The van der Waals surface area contributed by atoms with E-state index in [1.54, 1.807) is 18.2 Å². The molecule has 0 spiro atoms. The maximum absolute atomic E-state index is 10.8. The standard InChI is InChI=1S/C14H21N3O2/c1-11(16-8-6-13(15-2)7-9-16)12-4-3-5-14(10-12)17(18)19/h3-5,10-11,13,15H,6-9H2,1-2H3. The van der Waals surface area contributed by atoms with Crippen molar-refractivity contribution in [1.82, 2.24) is 10.2 Å². The molecule has 1 aliphatic heterocycles. The molecule has 1 aromatic carbocycles. The van der Waals surface area contributed by atoms with E-state index in [-0.39, 0.29) is 16.7 Å². The van der Waals surface area contributed by atoms with Crippen molar-refractivity contribution >= 4 is 5.69 Å². The predicted molar refractivity (Wildman–Crippen MR) is 75.2 cm³/mol. The van der Waals surface area contributed by atoms with E-state index in [1.165, 1.54) is 0 Å². The summed E-state index contributed by atoms with van der Waals surface area (Å²) in [6.07, 6.45) is 2.27. The minimum absolute atomic E-state index is 0.175. The number of hydrogen-bond donors (Lipinski definition) is 1. The topological polar surface area (TPSA) is 58.4 Å². The van der Waals surface area contributed by atoms with Crippen LogP contribution in [-0.2, 0) is 0 Å². The van der Waals surface area contributed by atoms with Crippen LogP contribution in [0.15, 0.2) is 24.3 Å². The maximum Gasteiger partial charge on any atom is 0.269 e. The first-order valence-electron chi connectivity index (χ1n) is 6.77. The number of piperidine rings is 1. The molecule has 0 radical (unpaired) electrons. The number of nitrogens with zero attached hydrogens (tertiary/aromatic N) is 2. The number of hydrogen-bond acceptors (Lipinski definition) is 4. The summed E-state index contributed by atoms with van der Waals surface area (Å²) < 4.78 is 0. The van der Waals surface area contributed by atoms with Crippen LogP contribution in [-0.4, -0.2) is 36.0 Å². The molecule has 5 nitrogen and oxygen atoms in total. The molecule has 1 aromatic rings. The maximum atomic E-state index is 10.8. The molecule has 1 aliphatic rings. The average molecular weight is 263 g/mol. The lowest BCUT2D eigenvalue weighted by atomic mass is 10.00. The van der Waals surface area contributed by atoms with Crippen LogP contribution in [0, 0.1) is 10.1 Å². The van der Waals surface area contributed by atoms with Gasteiger partial charge in [-0.05, 0) is 32.4 Å². The zero-order valence-electron chi connectivity index (χ0n) is 11.5. The fourth-order valence-electron chi connectivity index (χ4n) is 2.68. The van der Waals surface area contributed by atoms with E-state index in [9.17, 15) is 10.1 Å². The molecule has 0 amide bonds. The van der Waals surface area contributed by atoms with Crippen LogP contribution in [0.2, 0.25) is 0 Å². The van der Waals surface area contributed by atoms with Gasteiger partial charge < -0.3 is 5.32 Å². The van der Waals surface area contributed by atoms with Gasteiger partial charge >= 0.3 is 0 Å². The van der Waals surface area contributed by atoms with E-state index in [0.29, 0.717) is 6.04 Å². The average Bonchev–Trinajstić information content (AvgIpc) is 2.46. The van der Waals surface area contributed by atoms with Gasteiger partial charge in [-0.15, -0.1) is 0 Å². The molecule has 19 heavy (non-hydrogen) atoms. The summed E-state index contributed by atoms with van der Waals surface area (Å²) in [5, 5.41) is 14.1. The lowest BCUT2D eigenvalue weighted by Crippen LogP contribution is -2.42. The smallest absolute Gasteiger partial charge is 0.269 e. The summed E-state index contributed by atoms with van der Waals surface area (Å²) in [7, 11) is 2.00. The van der Waals surface area contributed by atoms with Crippen LogP contribution in [0.25, 0.3) is 0 Å². The Hall–Kier alpha value is -1.46. The predicted octanol–water partition coefficient (Wildman–Crippen LogP) is 2.34. The van der Waals surface area contributed by atoms with Crippen LogP contribution < -0.4 is 5.32 Å². The number of rotatable bonds is 4. The second-order valence-corrected chi connectivity index (χ2v) is 5.13. The van der Waals surface area contributed by atoms with E-state index >= 15 is 0 Å². The molecule has 1 fully saturated rings. The van der Waals surface area contributed by atoms with Crippen molar-refractivity contribution in [2.75, 3.05) is 20.1 Å². The Morgan fingerprint density at radius 3 is 2.68 bits per heavy atom. The van der Waals surface area contributed by atoms with Crippen molar-refractivity contribution in [3.8, 4) is 0 Å². The van der Waals surface area contributed by atoms with Gasteiger partial charge in [-0.3, -0.25) is 15.0 Å². The molecular formula is C14H21N3O2. The Bertz CT molecular complexity index is 442. The Morgan fingerprint density at radius 2 is 2.11 bits per heavy atom. The normalized spacial score (nSPS) is 19.3. The molecule has 0 aromatic heterocycles. The van der Waals surface area contributed by atoms with Gasteiger partial charge in [0, 0.05) is 37.3 Å². The van der Waals surface area contributed by atoms with Crippen LogP contribution >= 0.6 is 0 Å². The quantitative estimate of drug-likeness (QED) is 0.669. The van der Waals surface area contributed by atoms with E-state index in [2.05, 4.69) is 17.1 Å². The van der Waals surface area contributed by atoms with Crippen molar-refractivity contribution in [2.45, 2.75) is 31.8 Å². The third kappa shape index (κ3) is 3.30. The first-order chi connectivity index (χ1) is 9.11. The van der Waals surface area contributed by atoms with Gasteiger partial charge in [-0.25, -0.2) is 0 Å². The SMILES string of the molecule is CNC1CCN(C(C)c2cccc([N+](=O)[O-])c2)CC1. The third-order valence-electron chi connectivity index (χ3n) is 4.05. The summed E-state index contributed by atoms with van der Waals surface area (Å²) in [4.78, 5) is 12.9. The van der Waals surface area contributed by atoms with E-state index in [4.69, 9.17) is 0 Å². The van der Waals surface area contributed by atoms with E-state index < -0.39 is 0 Å². The summed E-state index contributed by atoms with van der Waals surface area (Å²) in [6, 6.07) is 7.82. The second kappa shape index (κ2) is 6.12. The Morgan fingerprint density at radius 1 is 1.42 bits per heavy atom. The fourth-order valence-corrected chi connectivity index (χ4v) is 2.68. The van der Waals surface area contributed by atoms with Gasteiger partial charge in [-0.2, -0.15) is 0 Å². The zero-order valence-corrected chi connectivity index (χ0v) is 11.5. The lowest BCUT2D eigenvalue weighted by molar-refractivity contribution is -0.385. The first kappa shape index (κ1) is 14.0. The minimum atomic E-state index is -0.330. The van der Waals surface area contributed by atoms with E-state index in [0.717, 1.165) is 31.5 Å². The third-order valence-corrected chi connectivity index (χ3v) is 4.05. The first-order valence-corrected chi connectivity index (χ1v) is 6.77. The molecule has 5 heteroatoms. The van der Waals surface area contributed by atoms with Crippen molar-refractivity contribution in [3.63, 3.8) is 0 Å². The molecule has 0 saturated carbocycles. The molecular weight excluding hydrogens is 242 g/mol. The van der Waals surface area contributed by atoms with Crippen molar-refractivity contribution < 1.29 is 4.92 Å². The summed E-state index contributed by atoms with van der Waals surface area (Å²) in [5.41, 5.74) is 1.20. The molecule has 0 aliphatic carbocycles. The molecule has 1 saturated heterocycles. The van der Waals surface area contributed by atoms with Crippen LogP contribution in [0.5, 0.6) is 0 Å². The number of benzene rings is 1. The molecule has 104 valence electrons. The lowest BCUT2D eigenvalue weighted by Gasteiger charge is -2.36. The highest BCUT2D eigenvalue weighted by atomic mass is 16.6. The fraction of sp³-hybridized carbons (Fsp3) is 0.571. The van der Waals surface area contributed by atoms with E-state index in [1.807, 2.05) is 13.1 Å². The van der Waals surface area contributed by atoms with Gasteiger partial charge in [0.2, 0.25) is 0 Å². The molecule has 2 rings (SSSR count). The molecule has 1 heterocycles. The minimum Gasteiger partial charge on any atom is -0.317 e. The van der Waals surface area contributed by atoms with Crippen LogP contribution in [0.1, 0.15) is 31.4 Å². The van der Waals surface area contributed by atoms with Crippen molar-refractivity contribution in [3.05, 3.63) is 39.9 Å². The number of likely N-dealkylation sites (tertiary alicyclic amines) is 1. The highest BCUT2D eigenvalue weighted by molar-refractivity contribution is 5.35. The molecule has 1 N–H and O–H groups in total. The van der Waals surface area contributed by atoms with Gasteiger partial charge in [0.1, 0.15) is 0 Å². The number of nitrogens with one attached hydrogen (secondary N) is 1. The van der Waals surface area contributed by atoms with Crippen LogP contribution in [0.4, 0.5) is 5.69 Å². The summed E-state index contributed by atoms with van der Waals surface area (Å²) >= 11 is 0. The monoisotopic (exact) mass is 263 g/mol. The zero-order chi connectivity index (χ0) is 13.8. The summed E-state index contributed by atoms with van der Waals surface area (Å²) in [6.45, 7) is 4.20. The molecule has 0 bridgehead atoms. The van der Waals surface area contributed by atoms with Gasteiger partial charge in [0.15, 0.2) is 0 Å². The van der Waals surface area contributed by atoms with Gasteiger partial charge in [0.25, 0.3) is 5.69 Å². The number of nitro groups is 1. The van der Waals surface area contributed by atoms with Gasteiger partial charge in [0.05, 0.1) is 4.92 Å². The Labute approximate surface area is 113 Å². The second-order valence-electron chi connectivity index (χ2n) is 5.13. The van der Waals surface area contributed by atoms with Crippen LogP contribution in [0.3, 0.4) is 0 Å².